The zero-order valence-corrected chi connectivity index (χ0v) is 16.1. The first kappa shape index (κ1) is 17.5. The zero-order valence-electron chi connectivity index (χ0n) is 16.1. The maximum atomic E-state index is 12.1. The van der Waals surface area contributed by atoms with Crippen molar-refractivity contribution in [3.63, 3.8) is 0 Å². The first-order valence-corrected chi connectivity index (χ1v) is 10.1. The van der Waals surface area contributed by atoms with Crippen molar-refractivity contribution in [2.45, 2.75) is 30.8 Å². The molecule has 2 aromatic rings. The molecule has 4 saturated heterocycles. The number of primary amides is 1. The van der Waals surface area contributed by atoms with Crippen LogP contribution in [0.3, 0.4) is 0 Å². The van der Waals surface area contributed by atoms with Gasteiger partial charge in [-0.2, -0.15) is 0 Å². The highest BCUT2D eigenvalue weighted by molar-refractivity contribution is 5.97. The molecular weight excluding hydrogens is 352 g/mol. The lowest BCUT2D eigenvalue weighted by atomic mass is 9.75. The lowest BCUT2D eigenvalue weighted by Crippen LogP contribution is -2.60. The van der Waals surface area contributed by atoms with Crippen molar-refractivity contribution in [1.29, 1.82) is 0 Å². The summed E-state index contributed by atoms with van der Waals surface area (Å²) in [5.74, 6) is 2.20. The number of rotatable bonds is 4. The maximum absolute atomic E-state index is 12.1. The smallest absolute Gasteiger partial charge is 0.252 e. The predicted molar refractivity (Wildman–Crippen MR) is 108 cm³/mol. The molecule has 4 aliphatic heterocycles. The van der Waals surface area contributed by atoms with E-state index in [0.717, 1.165) is 31.2 Å². The average Bonchev–Trinajstić information content (AvgIpc) is 3.17. The summed E-state index contributed by atoms with van der Waals surface area (Å²) in [6.45, 7) is 3.16. The van der Waals surface area contributed by atoms with Crippen LogP contribution in [0.1, 0.15) is 34.7 Å². The van der Waals surface area contributed by atoms with E-state index >= 15 is 0 Å². The van der Waals surface area contributed by atoms with Crippen LogP contribution >= 0.6 is 0 Å². The van der Waals surface area contributed by atoms with Crippen molar-refractivity contribution in [3.8, 4) is 5.75 Å². The van der Waals surface area contributed by atoms with Crippen molar-refractivity contribution in [2.75, 3.05) is 31.6 Å². The number of carbonyl (C=O) groups is 1. The van der Waals surface area contributed by atoms with Crippen molar-refractivity contribution >= 4 is 11.7 Å². The van der Waals surface area contributed by atoms with E-state index in [1.165, 1.54) is 18.4 Å². The Labute approximate surface area is 165 Å². The number of nitrogens with two attached hydrogens (primary N) is 1. The van der Waals surface area contributed by atoms with Crippen LogP contribution in [0.4, 0.5) is 5.82 Å². The number of pyridine rings is 1. The molecule has 2 bridgehead atoms. The van der Waals surface area contributed by atoms with Gasteiger partial charge in [-0.1, -0.05) is 12.1 Å². The molecule has 5 heterocycles. The van der Waals surface area contributed by atoms with E-state index in [1.54, 1.807) is 25.4 Å². The molecule has 2 N–H and O–H groups in total. The summed E-state index contributed by atoms with van der Waals surface area (Å²) < 4.78 is 5.47. The van der Waals surface area contributed by atoms with Crippen molar-refractivity contribution in [3.05, 3.63) is 53.7 Å². The van der Waals surface area contributed by atoms with Gasteiger partial charge in [-0.05, 0) is 61.7 Å². The van der Waals surface area contributed by atoms with Crippen LogP contribution in [0.25, 0.3) is 0 Å². The highest BCUT2D eigenvalue weighted by Gasteiger charge is 2.54. The van der Waals surface area contributed by atoms with Gasteiger partial charge in [0.05, 0.1) is 12.7 Å². The Morgan fingerprint density at radius 2 is 2.00 bits per heavy atom. The molecular formula is C22H26N4O2. The van der Waals surface area contributed by atoms with Gasteiger partial charge < -0.3 is 15.4 Å². The van der Waals surface area contributed by atoms with Gasteiger partial charge >= 0.3 is 0 Å². The van der Waals surface area contributed by atoms with Crippen LogP contribution in [0, 0.1) is 5.92 Å². The van der Waals surface area contributed by atoms with Crippen molar-refractivity contribution in [2.24, 2.45) is 11.7 Å². The van der Waals surface area contributed by atoms with Crippen molar-refractivity contribution in [1.82, 2.24) is 9.88 Å². The molecule has 3 atom stereocenters. The number of hydrogen-bond donors (Lipinski definition) is 1. The van der Waals surface area contributed by atoms with E-state index in [2.05, 4.69) is 33.0 Å². The van der Waals surface area contributed by atoms with Crippen LogP contribution < -0.4 is 15.4 Å². The van der Waals surface area contributed by atoms with E-state index in [4.69, 9.17) is 10.5 Å². The van der Waals surface area contributed by atoms with Gasteiger partial charge in [-0.25, -0.2) is 4.98 Å². The number of piperidine rings is 3. The van der Waals surface area contributed by atoms with Gasteiger partial charge in [0, 0.05) is 30.7 Å². The molecule has 0 aliphatic carbocycles. The second kappa shape index (κ2) is 6.78. The molecule has 4 fully saturated rings. The SMILES string of the molecule is COc1cccc(C2CN(c3ncccc3C(N)=O)C3C4CCN(CC4)C23)c1. The zero-order chi connectivity index (χ0) is 19.3. The third-order valence-corrected chi connectivity index (χ3v) is 6.84. The topological polar surface area (TPSA) is 71.7 Å². The summed E-state index contributed by atoms with van der Waals surface area (Å²) in [7, 11) is 1.71. The number of aromatic nitrogens is 1. The number of ether oxygens (including phenoxy) is 1. The number of benzene rings is 1. The number of nitrogens with zero attached hydrogens (tertiary/aromatic N) is 3. The lowest BCUT2D eigenvalue weighted by Gasteiger charge is -2.51. The fourth-order valence-corrected chi connectivity index (χ4v) is 5.65. The molecule has 3 unspecified atom stereocenters. The molecule has 0 spiro atoms. The Hall–Kier alpha value is -2.60. The number of fused-ring (bicyclic) bond motifs is 2. The molecule has 0 radical (unpaired) electrons. The molecule has 6 rings (SSSR count). The Morgan fingerprint density at radius 1 is 1.18 bits per heavy atom. The molecule has 0 saturated carbocycles. The number of methoxy groups -OCH3 is 1. The highest BCUT2D eigenvalue weighted by atomic mass is 16.5. The molecule has 1 aromatic carbocycles. The maximum Gasteiger partial charge on any atom is 0.252 e. The second-order valence-electron chi connectivity index (χ2n) is 8.13. The Balaban J connectivity index is 1.59. The highest BCUT2D eigenvalue weighted by Crippen LogP contribution is 2.48. The predicted octanol–water partition coefficient (Wildman–Crippen LogP) is 2.26. The van der Waals surface area contributed by atoms with Crippen LogP contribution in [0.15, 0.2) is 42.6 Å². The number of anilines is 1. The fourth-order valence-electron chi connectivity index (χ4n) is 5.65. The van der Waals surface area contributed by atoms with Crippen molar-refractivity contribution < 1.29 is 9.53 Å². The number of amides is 1. The monoisotopic (exact) mass is 378 g/mol. The standard InChI is InChI=1S/C22H26N4O2/c1-28-16-5-2-4-15(12-16)18-13-26(22-17(21(23)27)6-3-9-24-22)19-14-7-10-25(11-8-14)20(18)19/h2-6,9,12,14,18-20H,7-8,10-11,13H2,1H3,(H2,23,27). The van der Waals surface area contributed by atoms with E-state index < -0.39 is 5.91 Å². The molecule has 146 valence electrons. The molecule has 6 heteroatoms. The molecule has 1 amide bonds. The first-order valence-electron chi connectivity index (χ1n) is 10.1. The first-order chi connectivity index (χ1) is 13.7. The van der Waals surface area contributed by atoms with Gasteiger partial charge in [0.15, 0.2) is 0 Å². The molecule has 1 aromatic heterocycles. The largest absolute Gasteiger partial charge is 0.497 e. The second-order valence-corrected chi connectivity index (χ2v) is 8.13. The van der Waals surface area contributed by atoms with Gasteiger partial charge in [0.25, 0.3) is 5.91 Å². The summed E-state index contributed by atoms with van der Waals surface area (Å²) in [4.78, 5) is 21.7. The summed E-state index contributed by atoms with van der Waals surface area (Å²) in [5, 5.41) is 0. The average molecular weight is 378 g/mol. The number of hydrogen-bond acceptors (Lipinski definition) is 5. The van der Waals surface area contributed by atoms with Crippen LogP contribution in [0.2, 0.25) is 0 Å². The summed E-state index contributed by atoms with van der Waals surface area (Å²) >= 11 is 0. The van der Waals surface area contributed by atoms with Crippen LogP contribution in [0.5, 0.6) is 5.75 Å². The minimum atomic E-state index is -0.411. The van der Waals surface area contributed by atoms with Crippen LogP contribution in [-0.2, 0) is 0 Å². The lowest BCUT2D eigenvalue weighted by molar-refractivity contribution is 0.0354. The van der Waals surface area contributed by atoms with E-state index in [1.807, 2.05) is 6.07 Å². The summed E-state index contributed by atoms with van der Waals surface area (Å²) in [6, 6.07) is 12.8. The van der Waals surface area contributed by atoms with Gasteiger partial charge in [0.2, 0.25) is 0 Å². The third-order valence-electron chi connectivity index (χ3n) is 6.84. The number of carbonyl (C=O) groups excluding carboxylic acids is 1. The van der Waals surface area contributed by atoms with Gasteiger partial charge in [0.1, 0.15) is 11.6 Å². The van der Waals surface area contributed by atoms with Gasteiger partial charge in [-0.3, -0.25) is 9.69 Å². The Morgan fingerprint density at radius 3 is 2.75 bits per heavy atom. The Bertz CT molecular complexity index is 894. The molecule has 6 nitrogen and oxygen atoms in total. The third kappa shape index (κ3) is 2.66. The van der Waals surface area contributed by atoms with Crippen LogP contribution in [-0.4, -0.2) is 54.6 Å². The minimum absolute atomic E-state index is 0.353. The normalized spacial score (nSPS) is 30.9. The Kier molecular flexibility index (Phi) is 4.23. The quantitative estimate of drug-likeness (QED) is 0.884. The van der Waals surface area contributed by atoms with Gasteiger partial charge in [-0.15, -0.1) is 0 Å². The summed E-state index contributed by atoms with van der Waals surface area (Å²) in [6.07, 6.45) is 4.18. The van der Waals surface area contributed by atoms with E-state index in [-0.39, 0.29) is 0 Å². The fraction of sp³-hybridized carbons (Fsp3) is 0.455. The molecule has 4 aliphatic rings. The molecule has 28 heavy (non-hydrogen) atoms. The minimum Gasteiger partial charge on any atom is -0.497 e. The van der Waals surface area contributed by atoms with E-state index in [9.17, 15) is 4.79 Å². The van der Waals surface area contributed by atoms with E-state index in [0.29, 0.717) is 29.5 Å². The summed E-state index contributed by atoms with van der Waals surface area (Å²) in [5.41, 5.74) is 7.49.